The molecule has 4 aliphatic carbocycles. The second-order valence-electron chi connectivity index (χ2n) is 5.52. The first kappa shape index (κ1) is 10.5. The van der Waals surface area contributed by atoms with Gasteiger partial charge in [0.05, 0.1) is 4.08 Å². The SMILES string of the molecule is SC12CC3CC(C1)CC(S)(C3)C2(S)S. The first-order valence-electron chi connectivity index (χ1n) is 5.26. The lowest BCUT2D eigenvalue weighted by atomic mass is 9.54. The summed E-state index contributed by atoms with van der Waals surface area (Å²) >= 11 is 19.3. The Morgan fingerprint density at radius 2 is 1.07 bits per heavy atom. The summed E-state index contributed by atoms with van der Waals surface area (Å²) in [5, 5.41) is 0. The molecule has 4 aliphatic rings. The normalized spacial score (nSPS) is 59.1. The molecule has 0 radical (unpaired) electrons. The van der Waals surface area contributed by atoms with E-state index in [-0.39, 0.29) is 13.6 Å². The summed E-state index contributed by atoms with van der Waals surface area (Å²) in [6.45, 7) is 0. The van der Waals surface area contributed by atoms with Crippen LogP contribution in [0.3, 0.4) is 0 Å². The summed E-state index contributed by atoms with van der Waals surface area (Å²) in [5.74, 6) is 1.65. The Balaban J connectivity index is 2.10. The first-order valence-corrected chi connectivity index (χ1v) is 7.05. The van der Waals surface area contributed by atoms with Crippen molar-refractivity contribution in [3.8, 4) is 0 Å². The average molecular weight is 265 g/mol. The zero-order valence-electron chi connectivity index (χ0n) is 7.98. The molecule has 4 bridgehead atoms. The van der Waals surface area contributed by atoms with Gasteiger partial charge in [-0.3, -0.25) is 0 Å². The van der Waals surface area contributed by atoms with Crippen molar-refractivity contribution in [3.05, 3.63) is 0 Å². The molecular formula is C10H16S4. The number of hydrogen-bond donors (Lipinski definition) is 4. The van der Waals surface area contributed by atoms with E-state index in [9.17, 15) is 0 Å². The quantitative estimate of drug-likeness (QED) is 0.375. The topological polar surface area (TPSA) is 0 Å². The van der Waals surface area contributed by atoms with E-state index in [4.69, 9.17) is 50.5 Å². The second-order valence-corrected chi connectivity index (χ2v) is 8.93. The van der Waals surface area contributed by atoms with Gasteiger partial charge >= 0.3 is 0 Å². The van der Waals surface area contributed by atoms with Gasteiger partial charge in [-0.1, -0.05) is 0 Å². The van der Waals surface area contributed by atoms with Crippen LogP contribution in [0, 0.1) is 11.8 Å². The van der Waals surface area contributed by atoms with Crippen LogP contribution in [-0.2, 0) is 0 Å². The number of hydrogen-bond acceptors (Lipinski definition) is 4. The van der Waals surface area contributed by atoms with E-state index in [1.54, 1.807) is 0 Å². The van der Waals surface area contributed by atoms with E-state index >= 15 is 0 Å². The van der Waals surface area contributed by atoms with Gasteiger partial charge in [0.1, 0.15) is 0 Å². The molecule has 4 saturated carbocycles. The van der Waals surface area contributed by atoms with Gasteiger partial charge in [-0.2, -0.15) is 50.5 Å². The van der Waals surface area contributed by atoms with Crippen molar-refractivity contribution in [2.75, 3.05) is 0 Å². The van der Waals surface area contributed by atoms with E-state index < -0.39 is 0 Å². The van der Waals surface area contributed by atoms with Crippen molar-refractivity contribution in [2.24, 2.45) is 11.8 Å². The Labute approximate surface area is 108 Å². The predicted octanol–water partition coefficient (Wildman–Crippen LogP) is 3.10. The molecule has 4 rings (SSSR count). The highest BCUT2D eigenvalue weighted by molar-refractivity contribution is 8.03. The maximum Gasteiger partial charge on any atom is 0.0839 e. The highest BCUT2D eigenvalue weighted by Gasteiger charge is 2.67. The standard InChI is InChI=1S/C10H16S4/c11-8-2-6-1-7(4-8)5-9(12,3-6)10(8,13)14/h6-7,11-14H,1-5H2. The van der Waals surface area contributed by atoms with Gasteiger partial charge in [-0.05, 0) is 43.9 Å². The molecule has 0 nitrogen and oxygen atoms in total. The van der Waals surface area contributed by atoms with Gasteiger partial charge in [0.25, 0.3) is 0 Å². The van der Waals surface area contributed by atoms with Crippen LogP contribution in [0.1, 0.15) is 32.1 Å². The molecule has 0 aromatic heterocycles. The minimum absolute atomic E-state index is 0.00502. The van der Waals surface area contributed by atoms with Crippen molar-refractivity contribution in [1.82, 2.24) is 0 Å². The first-order chi connectivity index (χ1) is 6.36. The average Bonchev–Trinajstić information content (AvgIpc) is 1.98. The monoisotopic (exact) mass is 264 g/mol. The Kier molecular flexibility index (Phi) is 2.11. The lowest BCUT2D eigenvalue weighted by Gasteiger charge is -2.67. The Morgan fingerprint density at radius 3 is 1.43 bits per heavy atom. The Bertz CT molecular complexity index is 248. The number of thiol groups is 4. The molecule has 0 spiro atoms. The zero-order valence-corrected chi connectivity index (χ0v) is 11.6. The molecule has 0 aromatic rings. The van der Waals surface area contributed by atoms with Gasteiger partial charge in [0.2, 0.25) is 0 Å². The van der Waals surface area contributed by atoms with Gasteiger partial charge in [-0.25, -0.2) is 0 Å². The molecule has 0 aliphatic heterocycles. The van der Waals surface area contributed by atoms with Gasteiger partial charge in [-0.15, -0.1) is 0 Å². The molecule has 0 aromatic carbocycles. The van der Waals surface area contributed by atoms with Gasteiger partial charge in [0, 0.05) is 9.49 Å². The van der Waals surface area contributed by atoms with E-state index in [0.717, 1.165) is 11.8 Å². The molecular weight excluding hydrogens is 248 g/mol. The van der Waals surface area contributed by atoms with Crippen LogP contribution in [0.5, 0.6) is 0 Å². The summed E-state index contributed by atoms with van der Waals surface area (Å²) in [5.41, 5.74) is 0. The fourth-order valence-corrected chi connectivity index (χ4v) is 6.31. The van der Waals surface area contributed by atoms with E-state index in [0.29, 0.717) is 0 Å². The smallest absolute Gasteiger partial charge is 0.0839 e. The molecule has 0 amide bonds. The zero-order chi connectivity index (χ0) is 10.2. The minimum Gasteiger partial charge on any atom is -0.170 e. The van der Waals surface area contributed by atoms with Crippen molar-refractivity contribution in [1.29, 1.82) is 0 Å². The summed E-state index contributed by atoms with van der Waals surface area (Å²) < 4.78 is -0.296. The second kappa shape index (κ2) is 2.80. The molecule has 0 heterocycles. The van der Waals surface area contributed by atoms with Crippen molar-refractivity contribution >= 4 is 50.5 Å². The summed E-state index contributed by atoms with van der Waals surface area (Å²) in [6.07, 6.45) is 6.12. The van der Waals surface area contributed by atoms with Gasteiger partial charge in [0.15, 0.2) is 0 Å². The van der Waals surface area contributed by atoms with Crippen molar-refractivity contribution in [3.63, 3.8) is 0 Å². The highest BCUT2D eigenvalue weighted by atomic mass is 32.2. The molecule has 14 heavy (non-hydrogen) atoms. The van der Waals surface area contributed by atoms with Crippen molar-refractivity contribution in [2.45, 2.75) is 45.7 Å². The lowest BCUT2D eigenvalue weighted by molar-refractivity contribution is 0.0565. The van der Waals surface area contributed by atoms with E-state index in [1.807, 2.05) is 0 Å². The summed E-state index contributed by atoms with van der Waals surface area (Å²) in [4.78, 5) is 0. The van der Waals surface area contributed by atoms with Crippen LogP contribution < -0.4 is 0 Å². The fourth-order valence-electron chi connectivity index (χ4n) is 4.03. The van der Waals surface area contributed by atoms with Gasteiger partial charge < -0.3 is 0 Å². The Hall–Kier alpha value is 1.40. The highest BCUT2D eigenvalue weighted by Crippen LogP contribution is 2.69. The van der Waals surface area contributed by atoms with Crippen LogP contribution in [0.15, 0.2) is 0 Å². The van der Waals surface area contributed by atoms with Crippen LogP contribution in [0.25, 0.3) is 0 Å². The molecule has 0 atom stereocenters. The molecule has 4 heteroatoms. The van der Waals surface area contributed by atoms with Crippen LogP contribution in [-0.4, -0.2) is 13.6 Å². The third-order valence-corrected chi connectivity index (χ3v) is 8.29. The number of rotatable bonds is 0. The third-order valence-electron chi connectivity index (χ3n) is 4.47. The predicted molar refractivity (Wildman–Crippen MR) is 74.2 cm³/mol. The molecule has 0 unspecified atom stereocenters. The van der Waals surface area contributed by atoms with Crippen molar-refractivity contribution < 1.29 is 0 Å². The fraction of sp³-hybridized carbons (Fsp3) is 1.00. The van der Waals surface area contributed by atoms with E-state index in [1.165, 1.54) is 32.1 Å². The van der Waals surface area contributed by atoms with E-state index in [2.05, 4.69) is 0 Å². The largest absolute Gasteiger partial charge is 0.170 e. The molecule has 4 fully saturated rings. The summed E-state index contributed by atoms with van der Waals surface area (Å²) in [7, 11) is 0. The minimum atomic E-state index is -0.306. The van der Waals surface area contributed by atoms with Crippen LogP contribution in [0.4, 0.5) is 0 Å². The lowest BCUT2D eigenvalue weighted by Crippen LogP contribution is -2.68. The molecule has 80 valence electrons. The van der Waals surface area contributed by atoms with Crippen LogP contribution >= 0.6 is 50.5 Å². The summed E-state index contributed by atoms with van der Waals surface area (Å²) in [6, 6.07) is 0. The maximum absolute atomic E-state index is 4.88. The molecule has 0 saturated heterocycles. The maximum atomic E-state index is 4.88. The molecule has 0 N–H and O–H groups in total. The Morgan fingerprint density at radius 1 is 0.714 bits per heavy atom. The third kappa shape index (κ3) is 1.09. The van der Waals surface area contributed by atoms with Crippen LogP contribution in [0.2, 0.25) is 0 Å².